The molecule has 4 amide bonds. The van der Waals surface area contributed by atoms with E-state index in [0.717, 1.165) is 25.7 Å². The Morgan fingerprint density at radius 2 is 1.62 bits per heavy atom. The second-order valence-corrected chi connectivity index (χ2v) is 23.4. The highest BCUT2D eigenvalue weighted by Crippen LogP contribution is 2.31. The molecular formula is C31H62N6O8Si3. The Morgan fingerprint density at radius 1 is 0.979 bits per heavy atom. The fraction of sp³-hybridized carbons (Fsp3) is 0.806. The molecule has 0 spiro atoms. The average molecular weight is 731 g/mol. The standard InChI is InChI=1S/C31H62N6O8Si3/c1-21(2)41-20-24-27(44-47(6)7)28(45-48(8,9)10)26(23(43-24)15-18-42-46(4)5)36-30(39)32-16-13-11-12-14-17-33-31(40)37-29-34-22(3)19-25(38)35-29/h19,21,23-24,26-28,46-47H,11-18,20H2,1-10H3,(H2,32,36,39)(H3,33,34,35,37,38,40). The molecular weight excluding hydrogens is 669 g/mol. The highest BCUT2D eigenvalue weighted by atomic mass is 28.4. The van der Waals surface area contributed by atoms with Crippen LogP contribution < -0.4 is 26.8 Å². The van der Waals surface area contributed by atoms with Crippen LogP contribution in [0.3, 0.4) is 0 Å². The number of H-pyrrole nitrogens is 1. The monoisotopic (exact) mass is 730 g/mol. The molecule has 0 saturated carbocycles. The van der Waals surface area contributed by atoms with Crippen molar-refractivity contribution < 1.29 is 32.3 Å². The Balaban J connectivity index is 1.94. The molecule has 1 fully saturated rings. The number of aromatic nitrogens is 2. The second kappa shape index (κ2) is 21.2. The number of hydrogen-bond donors (Lipinski definition) is 5. The minimum atomic E-state index is -2.07. The molecule has 2 rings (SSSR count). The molecule has 48 heavy (non-hydrogen) atoms. The summed E-state index contributed by atoms with van der Waals surface area (Å²) in [4.78, 5) is 43.5. The maximum atomic E-state index is 13.3. The lowest BCUT2D eigenvalue weighted by Gasteiger charge is -2.49. The van der Waals surface area contributed by atoms with Crippen molar-refractivity contribution in [1.82, 2.24) is 25.9 Å². The van der Waals surface area contributed by atoms with Crippen LogP contribution in [-0.2, 0) is 22.8 Å². The van der Waals surface area contributed by atoms with Crippen molar-refractivity contribution in [3.05, 3.63) is 22.1 Å². The van der Waals surface area contributed by atoms with E-state index in [1.54, 1.807) is 6.92 Å². The zero-order valence-electron chi connectivity index (χ0n) is 30.8. The summed E-state index contributed by atoms with van der Waals surface area (Å²) in [5, 5.41) is 11.5. The molecule has 1 saturated heterocycles. The predicted octanol–water partition coefficient (Wildman–Crippen LogP) is 3.60. The summed E-state index contributed by atoms with van der Waals surface area (Å²) in [6, 6.07) is 0.235. The lowest BCUT2D eigenvalue weighted by atomic mass is 9.91. The van der Waals surface area contributed by atoms with Crippen LogP contribution in [0.25, 0.3) is 0 Å². The van der Waals surface area contributed by atoms with Gasteiger partial charge >= 0.3 is 12.1 Å². The third-order valence-corrected chi connectivity index (χ3v) is 9.97. The van der Waals surface area contributed by atoms with Gasteiger partial charge in [-0.1, -0.05) is 12.8 Å². The van der Waals surface area contributed by atoms with Crippen molar-refractivity contribution in [2.75, 3.05) is 31.6 Å². The number of urea groups is 2. The van der Waals surface area contributed by atoms with Crippen molar-refractivity contribution in [1.29, 1.82) is 0 Å². The van der Waals surface area contributed by atoms with Gasteiger partial charge in [0.2, 0.25) is 5.95 Å². The molecule has 1 aromatic heterocycles. The third kappa shape index (κ3) is 17.0. The Morgan fingerprint density at radius 3 is 2.19 bits per heavy atom. The summed E-state index contributed by atoms with van der Waals surface area (Å²) in [5.74, 6) is 0.113. The molecule has 1 aliphatic heterocycles. The van der Waals surface area contributed by atoms with Crippen molar-refractivity contribution in [3.63, 3.8) is 0 Å². The molecule has 0 radical (unpaired) electrons. The Hall–Kier alpha value is -2.13. The van der Waals surface area contributed by atoms with E-state index in [0.29, 0.717) is 38.4 Å². The van der Waals surface area contributed by atoms with Gasteiger partial charge < -0.3 is 38.7 Å². The van der Waals surface area contributed by atoms with Crippen molar-refractivity contribution >= 4 is 44.4 Å². The smallest absolute Gasteiger partial charge is 0.321 e. The molecule has 0 bridgehead atoms. The number of nitrogens with zero attached hydrogens (tertiary/aromatic N) is 1. The molecule has 5 unspecified atom stereocenters. The van der Waals surface area contributed by atoms with Gasteiger partial charge in [0, 0.05) is 31.5 Å². The number of carbonyl (C=O) groups is 2. The molecule has 17 heteroatoms. The minimum Gasteiger partial charge on any atom is -0.420 e. The Bertz CT molecular complexity index is 1170. The van der Waals surface area contributed by atoms with E-state index >= 15 is 0 Å². The number of ether oxygens (including phenoxy) is 2. The molecule has 5 N–H and O–H groups in total. The zero-order valence-corrected chi connectivity index (χ0v) is 34.1. The highest BCUT2D eigenvalue weighted by Gasteiger charge is 2.49. The Kier molecular flexibility index (Phi) is 18.5. The van der Waals surface area contributed by atoms with E-state index in [-0.39, 0.29) is 48.1 Å². The van der Waals surface area contributed by atoms with Crippen LogP contribution in [0.5, 0.6) is 0 Å². The van der Waals surface area contributed by atoms with Gasteiger partial charge in [-0.25, -0.2) is 14.6 Å². The van der Waals surface area contributed by atoms with Crippen LogP contribution in [0.2, 0.25) is 45.8 Å². The van der Waals surface area contributed by atoms with Gasteiger partial charge in [0.15, 0.2) is 26.4 Å². The van der Waals surface area contributed by atoms with Crippen molar-refractivity contribution in [2.45, 2.75) is 135 Å². The first-order valence-corrected chi connectivity index (χ1v) is 26.4. The van der Waals surface area contributed by atoms with Crippen molar-refractivity contribution in [3.8, 4) is 0 Å². The van der Waals surface area contributed by atoms with E-state index < -0.39 is 38.5 Å². The highest BCUT2D eigenvalue weighted by molar-refractivity contribution is 6.69. The van der Waals surface area contributed by atoms with Crippen LogP contribution in [0.1, 0.15) is 51.6 Å². The normalized spacial score (nSPS) is 21.5. The largest absolute Gasteiger partial charge is 0.420 e. The first-order chi connectivity index (χ1) is 22.5. The van der Waals surface area contributed by atoms with Crippen LogP contribution in [0.15, 0.2) is 10.9 Å². The first kappa shape index (κ1) is 42.0. The van der Waals surface area contributed by atoms with E-state index in [1.165, 1.54) is 6.07 Å². The SMILES string of the molecule is Cc1cc(=O)[nH]c(NC(=O)NCCCCCCNC(=O)NC2C(CCO[SiH](C)C)OC(COC(C)C)C(O[SiH](C)C)C2O[Si](C)(C)C)n1. The summed E-state index contributed by atoms with van der Waals surface area (Å²) < 4.78 is 32.1. The van der Waals surface area contributed by atoms with Crippen LogP contribution in [0.4, 0.5) is 15.5 Å². The molecule has 1 aromatic rings. The van der Waals surface area contributed by atoms with Gasteiger partial charge in [-0.05, 0) is 85.9 Å². The van der Waals surface area contributed by atoms with Gasteiger partial charge in [0.25, 0.3) is 5.56 Å². The summed E-state index contributed by atoms with van der Waals surface area (Å²) in [6.45, 7) is 22.6. The van der Waals surface area contributed by atoms with E-state index in [9.17, 15) is 14.4 Å². The second-order valence-electron chi connectivity index (χ2n) is 14.1. The number of amides is 4. The number of aryl methyl sites for hydroxylation is 1. The lowest BCUT2D eigenvalue weighted by molar-refractivity contribution is -0.192. The molecule has 276 valence electrons. The zero-order chi connectivity index (χ0) is 35.9. The molecule has 1 aliphatic rings. The number of aromatic amines is 1. The minimum absolute atomic E-state index is 0.0440. The van der Waals surface area contributed by atoms with Gasteiger partial charge in [-0.15, -0.1) is 0 Å². The maximum absolute atomic E-state index is 13.3. The number of anilines is 1. The molecule has 5 atom stereocenters. The Labute approximate surface area is 291 Å². The fourth-order valence-corrected chi connectivity index (χ4v) is 7.97. The van der Waals surface area contributed by atoms with Crippen molar-refractivity contribution in [2.24, 2.45) is 0 Å². The molecule has 0 aromatic carbocycles. The molecule has 2 heterocycles. The summed E-state index contributed by atoms with van der Waals surface area (Å²) in [5.41, 5.74) is 0.197. The van der Waals surface area contributed by atoms with Gasteiger partial charge in [0.05, 0.1) is 31.0 Å². The van der Waals surface area contributed by atoms with E-state index in [2.05, 4.69) is 77.1 Å². The number of hydrogen-bond acceptors (Lipinski definition) is 9. The number of unbranched alkanes of at least 4 members (excludes halogenated alkanes) is 3. The quantitative estimate of drug-likeness (QED) is 0.0993. The number of carbonyl (C=O) groups excluding carboxylic acids is 2. The fourth-order valence-electron chi connectivity index (χ4n) is 5.31. The summed E-state index contributed by atoms with van der Waals surface area (Å²) in [7, 11) is -4.81. The van der Waals surface area contributed by atoms with E-state index in [1.807, 2.05) is 13.8 Å². The lowest BCUT2D eigenvalue weighted by Crippen LogP contribution is -2.68. The molecule has 0 aliphatic carbocycles. The van der Waals surface area contributed by atoms with E-state index in [4.69, 9.17) is 22.8 Å². The van der Waals surface area contributed by atoms with Crippen LogP contribution in [0, 0.1) is 6.92 Å². The van der Waals surface area contributed by atoms with Gasteiger partial charge in [-0.2, -0.15) is 0 Å². The number of rotatable bonds is 20. The third-order valence-electron chi connectivity index (χ3n) is 7.23. The summed E-state index contributed by atoms with van der Waals surface area (Å²) >= 11 is 0. The summed E-state index contributed by atoms with van der Waals surface area (Å²) in [6.07, 6.45) is 2.59. The first-order valence-electron chi connectivity index (χ1n) is 17.4. The van der Waals surface area contributed by atoms with Gasteiger partial charge in [-0.3, -0.25) is 15.1 Å². The predicted molar refractivity (Wildman–Crippen MR) is 197 cm³/mol. The topological polar surface area (TPSA) is 174 Å². The molecule has 14 nitrogen and oxygen atoms in total. The van der Waals surface area contributed by atoms with Crippen LogP contribution >= 0.6 is 0 Å². The average Bonchev–Trinajstić information content (AvgIpc) is 2.94. The van der Waals surface area contributed by atoms with Gasteiger partial charge in [0.1, 0.15) is 12.2 Å². The van der Waals surface area contributed by atoms with Crippen LogP contribution in [-0.4, -0.2) is 111 Å². The maximum Gasteiger partial charge on any atom is 0.321 e. The number of nitrogens with one attached hydrogen (secondary N) is 5.